The molecule has 2 heterocycles. The molecular weight excluding hydrogens is 294 g/mol. The molecule has 3 rings (SSSR count). The van der Waals surface area contributed by atoms with E-state index in [0.717, 1.165) is 25.0 Å². The smallest absolute Gasteiger partial charge is 0.243 e. The maximum absolute atomic E-state index is 11.9. The van der Waals surface area contributed by atoms with Gasteiger partial charge in [0.25, 0.3) is 0 Å². The summed E-state index contributed by atoms with van der Waals surface area (Å²) in [5.41, 5.74) is 2.35. The van der Waals surface area contributed by atoms with Crippen molar-refractivity contribution in [3.8, 4) is 0 Å². The van der Waals surface area contributed by atoms with Gasteiger partial charge in [0.2, 0.25) is 5.91 Å². The maximum Gasteiger partial charge on any atom is 0.243 e. The lowest BCUT2D eigenvalue weighted by Crippen LogP contribution is -2.34. The second kappa shape index (κ2) is 7.32. The van der Waals surface area contributed by atoms with E-state index < -0.39 is 0 Å². The number of amides is 1. The van der Waals surface area contributed by atoms with E-state index in [4.69, 9.17) is 4.74 Å². The molecule has 1 aromatic carbocycles. The van der Waals surface area contributed by atoms with Crippen LogP contribution >= 0.6 is 0 Å². The Hall–Kier alpha value is -2.28. The molecule has 1 aliphatic rings. The van der Waals surface area contributed by atoms with Crippen molar-refractivity contribution in [1.82, 2.24) is 25.5 Å². The Kier molecular flexibility index (Phi) is 4.97. The zero-order valence-electron chi connectivity index (χ0n) is 13.2. The molecule has 0 spiro atoms. The lowest BCUT2D eigenvalue weighted by Gasteiger charge is -2.10. The number of nitrogens with zero attached hydrogens (tertiary/aromatic N) is 4. The molecule has 1 aromatic heterocycles. The molecule has 1 N–H and O–H groups in total. The van der Waals surface area contributed by atoms with Gasteiger partial charge < -0.3 is 10.1 Å². The number of carbonyl (C=O) groups is 1. The molecule has 1 aliphatic heterocycles. The minimum absolute atomic E-state index is 0.0769. The van der Waals surface area contributed by atoms with Crippen molar-refractivity contribution >= 4 is 5.91 Å². The Labute approximate surface area is 135 Å². The van der Waals surface area contributed by atoms with Crippen LogP contribution in [0.25, 0.3) is 0 Å². The molecule has 122 valence electrons. The van der Waals surface area contributed by atoms with E-state index in [9.17, 15) is 4.79 Å². The summed E-state index contributed by atoms with van der Waals surface area (Å²) in [6, 6.07) is 8.09. The van der Waals surface area contributed by atoms with E-state index >= 15 is 0 Å². The zero-order valence-corrected chi connectivity index (χ0v) is 13.2. The summed E-state index contributed by atoms with van der Waals surface area (Å²) < 4.78 is 5.47. The van der Waals surface area contributed by atoms with Crippen molar-refractivity contribution in [3.63, 3.8) is 0 Å². The van der Waals surface area contributed by atoms with Crippen LogP contribution in [-0.2, 0) is 22.5 Å². The largest absolute Gasteiger partial charge is 0.376 e. The summed E-state index contributed by atoms with van der Waals surface area (Å²) in [6.07, 6.45) is 2.82. The predicted octanol–water partition coefficient (Wildman–Crippen LogP) is 0.868. The Bertz CT molecular complexity index is 664. The van der Waals surface area contributed by atoms with E-state index in [0.29, 0.717) is 18.8 Å². The standard InChI is InChI=1S/C16H21N5O2/c1-12-5-2-3-6-13(12)9-15-18-20-21(19-15)11-16(22)17-10-14-7-4-8-23-14/h2-3,5-6,14H,4,7-11H2,1H3,(H,17,22)/t14-/m1/s1. The molecule has 2 aromatic rings. The van der Waals surface area contributed by atoms with Gasteiger partial charge in [-0.2, -0.15) is 4.80 Å². The predicted molar refractivity (Wildman–Crippen MR) is 83.8 cm³/mol. The normalized spacial score (nSPS) is 17.3. The molecule has 0 radical (unpaired) electrons. The van der Waals surface area contributed by atoms with Crippen LogP contribution < -0.4 is 5.32 Å². The third-order valence-electron chi connectivity index (χ3n) is 3.94. The highest BCUT2D eigenvalue weighted by atomic mass is 16.5. The van der Waals surface area contributed by atoms with Gasteiger partial charge in [-0.1, -0.05) is 24.3 Å². The van der Waals surface area contributed by atoms with Crippen molar-refractivity contribution < 1.29 is 9.53 Å². The summed E-state index contributed by atoms with van der Waals surface area (Å²) in [7, 11) is 0. The topological polar surface area (TPSA) is 81.9 Å². The lowest BCUT2D eigenvalue weighted by atomic mass is 10.1. The van der Waals surface area contributed by atoms with Gasteiger partial charge in [-0.25, -0.2) is 0 Å². The summed E-state index contributed by atoms with van der Waals surface area (Å²) in [4.78, 5) is 13.2. The van der Waals surface area contributed by atoms with Crippen LogP contribution in [0.3, 0.4) is 0 Å². The number of aryl methyl sites for hydroxylation is 1. The van der Waals surface area contributed by atoms with Crippen LogP contribution in [0, 0.1) is 6.92 Å². The minimum atomic E-state index is -0.125. The van der Waals surface area contributed by atoms with E-state index in [2.05, 4.69) is 33.7 Å². The van der Waals surface area contributed by atoms with Crippen LogP contribution in [0.15, 0.2) is 24.3 Å². The average Bonchev–Trinajstić information content (AvgIpc) is 3.19. The van der Waals surface area contributed by atoms with Crippen LogP contribution in [0.2, 0.25) is 0 Å². The molecule has 23 heavy (non-hydrogen) atoms. The van der Waals surface area contributed by atoms with Crippen molar-refractivity contribution in [2.75, 3.05) is 13.2 Å². The van der Waals surface area contributed by atoms with Crippen molar-refractivity contribution in [2.45, 2.75) is 38.8 Å². The SMILES string of the molecule is Cc1ccccc1Cc1nnn(CC(=O)NC[C@H]2CCCO2)n1. The number of tetrazole rings is 1. The van der Waals surface area contributed by atoms with Gasteiger partial charge in [0.05, 0.1) is 6.10 Å². The zero-order chi connectivity index (χ0) is 16.1. The highest BCUT2D eigenvalue weighted by Gasteiger charge is 2.16. The molecule has 0 bridgehead atoms. The van der Waals surface area contributed by atoms with Gasteiger partial charge in [0, 0.05) is 19.6 Å². The maximum atomic E-state index is 11.9. The van der Waals surface area contributed by atoms with Gasteiger partial charge in [0.1, 0.15) is 6.54 Å². The molecule has 7 heteroatoms. The highest BCUT2D eigenvalue weighted by molar-refractivity contribution is 5.75. The quantitative estimate of drug-likeness (QED) is 0.855. The number of aromatic nitrogens is 4. The fraction of sp³-hybridized carbons (Fsp3) is 0.500. The van der Waals surface area contributed by atoms with Crippen LogP contribution in [-0.4, -0.2) is 45.4 Å². The van der Waals surface area contributed by atoms with Gasteiger partial charge in [-0.3, -0.25) is 4.79 Å². The summed E-state index contributed by atoms with van der Waals surface area (Å²) in [5, 5.41) is 15.1. The minimum Gasteiger partial charge on any atom is -0.376 e. The Morgan fingerprint density at radius 2 is 2.30 bits per heavy atom. The molecule has 0 saturated carbocycles. The molecular formula is C16H21N5O2. The Morgan fingerprint density at radius 1 is 1.43 bits per heavy atom. The fourth-order valence-corrected chi connectivity index (χ4v) is 2.61. The molecule has 0 aliphatic carbocycles. The summed E-state index contributed by atoms with van der Waals surface area (Å²) >= 11 is 0. The first-order valence-electron chi connectivity index (χ1n) is 7.90. The van der Waals surface area contributed by atoms with Gasteiger partial charge >= 0.3 is 0 Å². The van der Waals surface area contributed by atoms with E-state index in [-0.39, 0.29) is 18.6 Å². The second-order valence-corrected chi connectivity index (χ2v) is 5.78. The average molecular weight is 315 g/mol. The van der Waals surface area contributed by atoms with Crippen LogP contribution in [0.1, 0.15) is 29.8 Å². The molecule has 0 unspecified atom stereocenters. The number of hydrogen-bond donors (Lipinski definition) is 1. The number of carbonyl (C=O) groups excluding carboxylic acids is 1. The molecule has 1 fully saturated rings. The van der Waals surface area contributed by atoms with Gasteiger partial charge in [-0.15, -0.1) is 10.2 Å². The second-order valence-electron chi connectivity index (χ2n) is 5.78. The van der Waals surface area contributed by atoms with E-state index in [1.165, 1.54) is 10.4 Å². The molecule has 1 atom stereocenters. The number of nitrogens with one attached hydrogen (secondary N) is 1. The van der Waals surface area contributed by atoms with Crippen LogP contribution in [0.4, 0.5) is 0 Å². The number of hydrogen-bond acceptors (Lipinski definition) is 5. The van der Waals surface area contributed by atoms with E-state index in [1.54, 1.807) is 0 Å². The van der Waals surface area contributed by atoms with Crippen molar-refractivity contribution in [3.05, 3.63) is 41.2 Å². The third-order valence-corrected chi connectivity index (χ3v) is 3.94. The Morgan fingerprint density at radius 3 is 3.09 bits per heavy atom. The highest BCUT2D eigenvalue weighted by Crippen LogP contribution is 2.11. The number of rotatable bonds is 6. The number of ether oxygens (including phenoxy) is 1. The third kappa shape index (κ3) is 4.35. The molecule has 1 saturated heterocycles. The van der Waals surface area contributed by atoms with Gasteiger partial charge in [-0.05, 0) is 36.1 Å². The summed E-state index contributed by atoms with van der Waals surface area (Å²) in [5.74, 6) is 0.492. The fourth-order valence-electron chi connectivity index (χ4n) is 2.61. The van der Waals surface area contributed by atoms with Crippen molar-refractivity contribution in [2.24, 2.45) is 0 Å². The monoisotopic (exact) mass is 315 g/mol. The molecule has 7 nitrogen and oxygen atoms in total. The lowest BCUT2D eigenvalue weighted by molar-refractivity contribution is -0.122. The number of benzene rings is 1. The first-order chi connectivity index (χ1) is 11.2. The van der Waals surface area contributed by atoms with Gasteiger partial charge in [0.15, 0.2) is 5.82 Å². The first kappa shape index (κ1) is 15.6. The summed E-state index contributed by atoms with van der Waals surface area (Å²) in [6.45, 7) is 3.46. The first-order valence-corrected chi connectivity index (χ1v) is 7.90. The van der Waals surface area contributed by atoms with Crippen molar-refractivity contribution in [1.29, 1.82) is 0 Å². The van der Waals surface area contributed by atoms with E-state index in [1.807, 2.05) is 18.2 Å². The molecule has 1 amide bonds. The Balaban J connectivity index is 1.50. The van der Waals surface area contributed by atoms with Crippen LogP contribution in [0.5, 0.6) is 0 Å².